The molecule has 2 heteroatoms. The zero-order chi connectivity index (χ0) is 8.00. The van der Waals surface area contributed by atoms with E-state index in [0.29, 0.717) is 0 Å². The highest BCUT2D eigenvalue weighted by Crippen LogP contribution is 0.886. The molecule has 0 aromatic rings. The molecule has 1 nitrogen and oxygen atoms in total. The van der Waals surface area contributed by atoms with Crippen LogP contribution in [0.5, 0.6) is 0 Å². The number of hydrogen-bond donors (Lipinski definition) is 1. The van der Waals surface area contributed by atoms with Gasteiger partial charge >= 0.3 is 0 Å². The summed E-state index contributed by atoms with van der Waals surface area (Å²) in [6.45, 7) is 24.0. The van der Waals surface area contributed by atoms with Crippen LogP contribution in [-0.4, -0.2) is 0 Å². The third kappa shape index (κ3) is 2760. The number of halogens is 1. The molecule has 0 rings (SSSR count). The van der Waals surface area contributed by atoms with Crippen molar-refractivity contribution in [3.05, 3.63) is 52.6 Å². The van der Waals surface area contributed by atoms with Gasteiger partial charge in [-0.25, -0.2) is 0 Å². The molecule has 0 radical (unpaired) electrons. The lowest BCUT2D eigenvalue weighted by Gasteiger charge is -0.813. The van der Waals surface area contributed by atoms with E-state index in [9.17, 15) is 0 Å². The molecule has 0 saturated heterocycles. The summed E-state index contributed by atoms with van der Waals surface area (Å²) in [6.07, 6.45) is 0. The van der Waals surface area contributed by atoms with Gasteiger partial charge in [0.1, 0.15) is 0 Å². The summed E-state index contributed by atoms with van der Waals surface area (Å²) >= 11 is 0. The van der Waals surface area contributed by atoms with Gasteiger partial charge in [0.05, 0.1) is 0 Å². The van der Waals surface area contributed by atoms with Gasteiger partial charge in [-0.05, 0) is 0 Å². The second-order valence-corrected chi connectivity index (χ2v) is 0. The van der Waals surface area contributed by atoms with Crippen LogP contribution in [0, 0.1) is 0 Å². The van der Waals surface area contributed by atoms with Gasteiger partial charge in [0.15, 0.2) is 0 Å². The summed E-state index contributed by atoms with van der Waals surface area (Å²) in [6, 6.07) is 0. The van der Waals surface area contributed by atoms with Crippen molar-refractivity contribution in [1.82, 2.24) is 6.15 Å². The van der Waals surface area contributed by atoms with E-state index < -0.39 is 0 Å². The van der Waals surface area contributed by atoms with E-state index >= 15 is 0 Å². The maximum absolute atomic E-state index is 3.00. The Morgan fingerprint density at radius 1 is 0.400 bits per heavy atom. The summed E-state index contributed by atoms with van der Waals surface area (Å²) in [4.78, 5) is 0. The standard InChI is InChI=1S/4C2H4.HI.H3N/c4*1-2;;/h4*1-2H2;1H;1H3. The molecule has 0 aromatic carbocycles. The van der Waals surface area contributed by atoms with Gasteiger partial charge in [0.2, 0.25) is 0 Å². The van der Waals surface area contributed by atoms with E-state index in [1.54, 1.807) is 0 Å². The van der Waals surface area contributed by atoms with Crippen LogP contribution >= 0.6 is 24.0 Å². The fourth-order valence-electron chi connectivity index (χ4n) is 0. The lowest BCUT2D eigenvalue weighted by Crippen LogP contribution is -0.552. The van der Waals surface area contributed by atoms with Gasteiger partial charge < -0.3 is 6.15 Å². The van der Waals surface area contributed by atoms with Crippen LogP contribution in [0.4, 0.5) is 0 Å². The van der Waals surface area contributed by atoms with Gasteiger partial charge in [0.25, 0.3) is 0 Å². The maximum atomic E-state index is 3.00. The largest absolute Gasteiger partial charge is 0.344 e. The molecular formula is C8H20IN. The van der Waals surface area contributed by atoms with E-state index in [0.717, 1.165) is 0 Å². The molecule has 0 fully saturated rings. The molecule has 0 saturated carbocycles. The van der Waals surface area contributed by atoms with Crippen molar-refractivity contribution in [3.63, 3.8) is 0 Å². The summed E-state index contributed by atoms with van der Waals surface area (Å²) in [7, 11) is 0. The predicted octanol–water partition coefficient (Wildman–Crippen LogP) is 3.99. The molecule has 0 aliphatic heterocycles. The molecule has 0 atom stereocenters. The molecular weight excluding hydrogens is 237 g/mol. The second-order valence-electron chi connectivity index (χ2n) is 0. The second kappa shape index (κ2) is 4130. The minimum Gasteiger partial charge on any atom is -0.344 e. The Bertz CT molecular complexity index is 17.2. The van der Waals surface area contributed by atoms with E-state index in [-0.39, 0.29) is 30.1 Å². The molecule has 64 valence electrons. The van der Waals surface area contributed by atoms with Crippen molar-refractivity contribution in [2.75, 3.05) is 0 Å². The zero-order valence-corrected chi connectivity index (χ0v) is 9.10. The zero-order valence-electron chi connectivity index (χ0n) is 6.77. The predicted molar refractivity (Wildman–Crippen MR) is 65.5 cm³/mol. The third-order valence-corrected chi connectivity index (χ3v) is 0. The first-order valence-corrected chi connectivity index (χ1v) is 2.00. The van der Waals surface area contributed by atoms with E-state index in [1.807, 2.05) is 0 Å². The first kappa shape index (κ1) is 54.2. The first-order chi connectivity index (χ1) is 4.00. The van der Waals surface area contributed by atoms with Crippen LogP contribution in [0.25, 0.3) is 0 Å². The van der Waals surface area contributed by atoms with E-state index in [4.69, 9.17) is 0 Å². The SMILES string of the molecule is C=C.C=C.C=C.C=C.I.N. The van der Waals surface area contributed by atoms with Crippen LogP contribution in [0.15, 0.2) is 52.6 Å². The van der Waals surface area contributed by atoms with Crippen LogP contribution in [-0.2, 0) is 0 Å². The molecule has 0 heterocycles. The molecule has 0 bridgehead atoms. The van der Waals surface area contributed by atoms with Crippen molar-refractivity contribution in [2.24, 2.45) is 0 Å². The van der Waals surface area contributed by atoms with Gasteiger partial charge in [-0.3, -0.25) is 0 Å². The third-order valence-electron chi connectivity index (χ3n) is 0. The van der Waals surface area contributed by atoms with Crippen LogP contribution in [0.2, 0.25) is 0 Å². The number of hydrogen-bond acceptors (Lipinski definition) is 1. The monoisotopic (exact) mass is 257 g/mol. The summed E-state index contributed by atoms with van der Waals surface area (Å²) in [5.74, 6) is 0. The summed E-state index contributed by atoms with van der Waals surface area (Å²) in [5.41, 5.74) is 0. The molecule has 0 unspecified atom stereocenters. The Kier molecular flexibility index (Phi) is 22400. The average molecular weight is 257 g/mol. The fourth-order valence-corrected chi connectivity index (χ4v) is 0. The minimum atomic E-state index is 0. The first-order valence-electron chi connectivity index (χ1n) is 2.00. The highest BCUT2D eigenvalue weighted by molar-refractivity contribution is 14.0. The smallest absolute Gasteiger partial charge is 0.106 e. The Hall–Kier alpha value is -0.350. The average Bonchev–Trinajstić information content (AvgIpc) is 2.03. The summed E-state index contributed by atoms with van der Waals surface area (Å²) < 4.78 is 0. The van der Waals surface area contributed by atoms with Crippen LogP contribution in [0.3, 0.4) is 0 Å². The lowest BCUT2D eigenvalue weighted by molar-refractivity contribution is 2.13. The maximum Gasteiger partial charge on any atom is -0.106 e. The van der Waals surface area contributed by atoms with Gasteiger partial charge in [-0.1, -0.05) is 0 Å². The highest BCUT2D eigenvalue weighted by atomic mass is 127. The molecule has 0 aromatic heterocycles. The molecule has 0 aliphatic carbocycles. The van der Waals surface area contributed by atoms with Gasteiger partial charge in [-0.15, -0.1) is 76.6 Å². The van der Waals surface area contributed by atoms with Crippen LogP contribution in [0.1, 0.15) is 0 Å². The van der Waals surface area contributed by atoms with Crippen molar-refractivity contribution in [1.29, 1.82) is 0 Å². The Morgan fingerprint density at radius 2 is 0.400 bits per heavy atom. The van der Waals surface area contributed by atoms with E-state index in [2.05, 4.69) is 52.6 Å². The molecule has 3 N–H and O–H groups in total. The number of rotatable bonds is 0. The quantitative estimate of drug-likeness (QED) is 0.516. The van der Waals surface area contributed by atoms with Crippen molar-refractivity contribution >= 4 is 24.0 Å². The molecule has 10 heavy (non-hydrogen) atoms. The Morgan fingerprint density at radius 3 is 0.400 bits per heavy atom. The molecule has 0 spiro atoms. The Balaban J connectivity index is -0.00000000500. The van der Waals surface area contributed by atoms with Crippen LogP contribution < -0.4 is 6.15 Å². The Labute approximate surface area is 82.8 Å². The van der Waals surface area contributed by atoms with E-state index in [1.165, 1.54) is 0 Å². The fraction of sp³-hybridized carbons (Fsp3) is 0. The minimum absolute atomic E-state index is 0. The van der Waals surface area contributed by atoms with Crippen molar-refractivity contribution < 1.29 is 0 Å². The summed E-state index contributed by atoms with van der Waals surface area (Å²) in [5, 5.41) is 0. The normalized spacial score (nSPS) is 1.60. The van der Waals surface area contributed by atoms with Crippen molar-refractivity contribution in [3.8, 4) is 0 Å². The molecule has 0 aliphatic rings. The lowest BCUT2D eigenvalue weighted by atomic mass is 11.3. The highest BCUT2D eigenvalue weighted by Gasteiger charge is 0.607. The van der Waals surface area contributed by atoms with Gasteiger partial charge in [0, 0.05) is 0 Å². The van der Waals surface area contributed by atoms with Crippen molar-refractivity contribution in [2.45, 2.75) is 0 Å². The molecule has 0 amide bonds. The topological polar surface area (TPSA) is 35.0 Å². The van der Waals surface area contributed by atoms with Gasteiger partial charge in [-0.2, -0.15) is 0 Å².